The van der Waals surface area contributed by atoms with Crippen molar-refractivity contribution in [2.75, 3.05) is 5.75 Å². The lowest BCUT2D eigenvalue weighted by molar-refractivity contribution is 0.284. The summed E-state index contributed by atoms with van der Waals surface area (Å²) in [4.78, 5) is 16.0. The second-order valence-corrected chi connectivity index (χ2v) is 6.02. The summed E-state index contributed by atoms with van der Waals surface area (Å²) in [5.74, 6) is 0.852. The van der Waals surface area contributed by atoms with Crippen LogP contribution in [0.25, 0.3) is 0 Å². The Kier molecular flexibility index (Phi) is 3.94. The second kappa shape index (κ2) is 5.08. The van der Waals surface area contributed by atoms with E-state index in [1.807, 2.05) is 22.6 Å². The maximum atomic E-state index is 11.9. The van der Waals surface area contributed by atoms with Gasteiger partial charge in [0, 0.05) is 12.7 Å². The Hall–Kier alpha value is -0.0400. The molecule has 0 bridgehead atoms. The number of halogens is 1. The monoisotopic (exact) mass is 350 g/mol. The summed E-state index contributed by atoms with van der Waals surface area (Å²) in [6.07, 6.45) is 8.12. The van der Waals surface area contributed by atoms with Gasteiger partial charge in [-0.05, 0) is 46.6 Å². The summed E-state index contributed by atoms with van der Waals surface area (Å²) in [7, 11) is 0. The lowest BCUT2D eigenvalue weighted by Gasteiger charge is -2.27. The van der Waals surface area contributed by atoms with Crippen molar-refractivity contribution < 1.29 is 0 Å². The molecular weight excluding hydrogens is 335 g/mol. The largest absolute Gasteiger partial charge is 0.298 e. The van der Waals surface area contributed by atoms with Gasteiger partial charge < -0.3 is 0 Å². The first kappa shape index (κ1) is 12.4. The second-order valence-electron chi connectivity index (χ2n) is 4.54. The Morgan fingerprint density at radius 1 is 1.50 bits per heavy atom. The van der Waals surface area contributed by atoms with E-state index in [1.54, 1.807) is 17.1 Å². The standard InChI is InChI=1S/C11H15IN2OS/c12-9-5-13-8-14(10(9)15)6-11(7-16)3-1-2-4-11/h5,8,16H,1-4,6-7H2. The van der Waals surface area contributed by atoms with Gasteiger partial charge in [0.05, 0.1) is 9.90 Å². The maximum absolute atomic E-state index is 11.9. The van der Waals surface area contributed by atoms with Crippen molar-refractivity contribution in [2.24, 2.45) is 5.41 Å². The normalized spacial score (nSPS) is 18.9. The van der Waals surface area contributed by atoms with Crippen LogP contribution in [0.15, 0.2) is 17.3 Å². The molecule has 1 aromatic heterocycles. The first-order valence-corrected chi connectivity index (χ1v) is 7.19. The summed E-state index contributed by atoms with van der Waals surface area (Å²) < 4.78 is 2.43. The Balaban J connectivity index is 2.26. The van der Waals surface area contributed by atoms with Gasteiger partial charge in [-0.25, -0.2) is 4.98 Å². The molecule has 2 rings (SSSR count). The summed E-state index contributed by atoms with van der Waals surface area (Å²) in [6.45, 7) is 0.763. The zero-order valence-corrected chi connectivity index (χ0v) is 12.1. The van der Waals surface area contributed by atoms with Crippen LogP contribution in [-0.4, -0.2) is 15.3 Å². The Morgan fingerprint density at radius 2 is 2.19 bits per heavy atom. The molecule has 5 heteroatoms. The smallest absolute Gasteiger partial charge is 0.266 e. The van der Waals surface area contributed by atoms with E-state index in [9.17, 15) is 4.79 Å². The predicted octanol–water partition coefficient (Wildman–Crippen LogP) is 2.34. The minimum absolute atomic E-state index is 0.0728. The minimum atomic E-state index is 0.0728. The summed E-state index contributed by atoms with van der Waals surface area (Å²) >= 11 is 6.49. The van der Waals surface area contributed by atoms with Gasteiger partial charge in [0.15, 0.2) is 0 Å². The van der Waals surface area contributed by atoms with Crippen LogP contribution in [0.4, 0.5) is 0 Å². The average molecular weight is 350 g/mol. The predicted molar refractivity (Wildman–Crippen MR) is 76.0 cm³/mol. The number of hydrogen-bond acceptors (Lipinski definition) is 3. The fourth-order valence-corrected chi connectivity index (χ4v) is 3.28. The van der Waals surface area contributed by atoms with E-state index in [1.165, 1.54) is 25.7 Å². The molecule has 0 aromatic carbocycles. The van der Waals surface area contributed by atoms with Crippen LogP contribution in [-0.2, 0) is 6.54 Å². The number of hydrogen-bond donors (Lipinski definition) is 1. The van der Waals surface area contributed by atoms with E-state index in [0.717, 1.165) is 12.3 Å². The lowest BCUT2D eigenvalue weighted by atomic mass is 9.88. The van der Waals surface area contributed by atoms with Gasteiger partial charge in [-0.2, -0.15) is 12.6 Å². The van der Waals surface area contributed by atoms with E-state index in [-0.39, 0.29) is 11.0 Å². The highest BCUT2D eigenvalue weighted by molar-refractivity contribution is 14.1. The van der Waals surface area contributed by atoms with Gasteiger partial charge in [-0.1, -0.05) is 12.8 Å². The molecule has 0 atom stereocenters. The van der Waals surface area contributed by atoms with E-state index in [2.05, 4.69) is 17.6 Å². The van der Waals surface area contributed by atoms with Gasteiger partial charge in [0.25, 0.3) is 5.56 Å². The molecule has 1 aliphatic carbocycles. The van der Waals surface area contributed by atoms with E-state index in [4.69, 9.17) is 0 Å². The Morgan fingerprint density at radius 3 is 2.81 bits per heavy atom. The minimum Gasteiger partial charge on any atom is -0.298 e. The van der Waals surface area contributed by atoms with E-state index in [0.29, 0.717) is 3.57 Å². The maximum Gasteiger partial charge on any atom is 0.266 e. The third kappa shape index (κ3) is 2.45. The van der Waals surface area contributed by atoms with E-state index >= 15 is 0 Å². The summed E-state index contributed by atoms with van der Waals surface area (Å²) in [5, 5.41) is 0. The van der Waals surface area contributed by atoms with Gasteiger partial charge >= 0.3 is 0 Å². The van der Waals surface area contributed by atoms with Crippen LogP contribution < -0.4 is 5.56 Å². The van der Waals surface area contributed by atoms with Crippen LogP contribution in [0.3, 0.4) is 0 Å². The average Bonchev–Trinajstić information content (AvgIpc) is 2.74. The first-order chi connectivity index (χ1) is 7.67. The van der Waals surface area contributed by atoms with Gasteiger partial charge in [-0.15, -0.1) is 0 Å². The van der Waals surface area contributed by atoms with Crippen LogP contribution in [0.5, 0.6) is 0 Å². The fourth-order valence-electron chi connectivity index (χ4n) is 2.39. The summed E-state index contributed by atoms with van der Waals surface area (Å²) in [6, 6.07) is 0. The first-order valence-electron chi connectivity index (χ1n) is 5.48. The highest BCUT2D eigenvalue weighted by atomic mass is 127. The number of thiol groups is 1. The molecule has 0 saturated heterocycles. The number of nitrogens with zero attached hydrogens (tertiary/aromatic N) is 2. The number of rotatable bonds is 3. The zero-order valence-electron chi connectivity index (χ0n) is 9.03. The zero-order chi connectivity index (χ0) is 11.6. The van der Waals surface area contributed by atoms with Crippen LogP contribution in [0.1, 0.15) is 25.7 Å². The molecule has 1 saturated carbocycles. The van der Waals surface area contributed by atoms with Crippen molar-refractivity contribution in [2.45, 2.75) is 32.2 Å². The molecule has 0 amide bonds. The molecule has 0 radical (unpaired) electrons. The Labute approximate surface area is 114 Å². The molecule has 0 unspecified atom stereocenters. The molecule has 3 nitrogen and oxygen atoms in total. The molecule has 1 fully saturated rings. The lowest BCUT2D eigenvalue weighted by Crippen LogP contribution is -2.32. The van der Waals surface area contributed by atoms with E-state index < -0.39 is 0 Å². The summed E-state index contributed by atoms with van der Waals surface area (Å²) in [5.41, 5.74) is 0.280. The van der Waals surface area contributed by atoms with Crippen molar-refractivity contribution in [1.29, 1.82) is 0 Å². The highest BCUT2D eigenvalue weighted by Gasteiger charge is 2.33. The van der Waals surface area contributed by atoms with Gasteiger partial charge in [0.2, 0.25) is 0 Å². The highest BCUT2D eigenvalue weighted by Crippen LogP contribution is 2.40. The number of aromatic nitrogens is 2. The molecule has 0 spiro atoms. The van der Waals surface area contributed by atoms with Gasteiger partial charge in [0.1, 0.15) is 0 Å². The molecule has 0 aliphatic heterocycles. The molecule has 0 N–H and O–H groups in total. The van der Waals surface area contributed by atoms with Crippen molar-refractivity contribution in [3.05, 3.63) is 26.4 Å². The van der Waals surface area contributed by atoms with Crippen molar-refractivity contribution in [3.8, 4) is 0 Å². The van der Waals surface area contributed by atoms with Crippen LogP contribution in [0.2, 0.25) is 0 Å². The quantitative estimate of drug-likeness (QED) is 0.671. The van der Waals surface area contributed by atoms with Crippen molar-refractivity contribution in [1.82, 2.24) is 9.55 Å². The van der Waals surface area contributed by atoms with Crippen molar-refractivity contribution in [3.63, 3.8) is 0 Å². The molecule has 1 heterocycles. The van der Waals surface area contributed by atoms with Crippen molar-refractivity contribution >= 4 is 35.2 Å². The van der Waals surface area contributed by atoms with Crippen LogP contribution >= 0.6 is 35.2 Å². The van der Waals surface area contributed by atoms with Crippen LogP contribution in [0, 0.1) is 8.99 Å². The molecule has 1 aliphatic rings. The molecule has 1 aromatic rings. The fraction of sp³-hybridized carbons (Fsp3) is 0.636. The Bertz CT molecular complexity index is 426. The molecule has 88 valence electrons. The molecule has 16 heavy (non-hydrogen) atoms. The third-order valence-electron chi connectivity index (χ3n) is 3.36. The topological polar surface area (TPSA) is 34.9 Å². The molecular formula is C11H15IN2OS. The van der Waals surface area contributed by atoms with Gasteiger partial charge in [-0.3, -0.25) is 9.36 Å². The SMILES string of the molecule is O=c1c(I)cncn1CC1(CS)CCCC1. The third-order valence-corrected chi connectivity index (χ3v) is 4.78.